The first kappa shape index (κ1) is 16.8. The number of ether oxygens (including phenoxy) is 1. The van der Waals surface area contributed by atoms with Gasteiger partial charge in [0.15, 0.2) is 0 Å². The van der Waals surface area contributed by atoms with Crippen LogP contribution in [-0.4, -0.2) is 68.3 Å². The minimum atomic E-state index is -0.273. The van der Waals surface area contributed by atoms with Crippen molar-refractivity contribution in [3.8, 4) is 0 Å². The lowest BCUT2D eigenvalue weighted by Crippen LogP contribution is -2.54. The SMILES string of the molecule is CCN(CC(N)C(C)(C)OC)C(C)CN(C)C. The molecule has 0 aromatic heterocycles. The average Bonchev–Trinajstić information content (AvgIpc) is 2.24. The van der Waals surface area contributed by atoms with E-state index in [1.807, 2.05) is 13.8 Å². The van der Waals surface area contributed by atoms with Gasteiger partial charge in [0.25, 0.3) is 0 Å². The summed E-state index contributed by atoms with van der Waals surface area (Å²) in [6, 6.07) is 0.533. The normalized spacial score (nSPS) is 16.6. The quantitative estimate of drug-likeness (QED) is 0.693. The first-order valence-electron chi connectivity index (χ1n) is 6.44. The van der Waals surface area contributed by atoms with Crippen molar-refractivity contribution in [2.75, 3.05) is 40.8 Å². The molecule has 0 aliphatic carbocycles. The van der Waals surface area contributed by atoms with E-state index in [0.29, 0.717) is 6.04 Å². The van der Waals surface area contributed by atoms with E-state index in [2.05, 4.69) is 37.7 Å². The Labute approximate surface area is 107 Å². The molecule has 4 nitrogen and oxygen atoms in total. The number of likely N-dealkylation sites (N-methyl/N-ethyl adjacent to an activating group) is 2. The fraction of sp³-hybridized carbons (Fsp3) is 1.00. The van der Waals surface area contributed by atoms with Gasteiger partial charge < -0.3 is 15.4 Å². The molecule has 0 aliphatic heterocycles. The van der Waals surface area contributed by atoms with Crippen molar-refractivity contribution < 1.29 is 4.74 Å². The Morgan fingerprint density at radius 1 is 1.24 bits per heavy atom. The highest BCUT2D eigenvalue weighted by Gasteiger charge is 2.28. The molecule has 0 bridgehead atoms. The van der Waals surface area contributed by atoms with Crippen LogP contribution >= 0.6 is 0 Å². The van der Waals surface area contributed by atoms with Gasteiger partial charge in [-0.15, -0.1) is 0 Å². The molecule has 0 saturated carbocycles. The highest BCUT2D eigenvalue weighted by Crippen LogP contribution is 2.14. The van der Waals surface area contributed by atoms with Crippen LogP contribution in [-0.2, 0) is 4.74 Å². The number of hydrogen-bond donors (Lipinski definition) is 1. The van der Waals surface area contributed by atoms with Gasteiger partial charge in [-0.25, -0.2) is 0 Å². The van der Waals surface area contributed by atoms with E-state index in [1.165, 1.54) is 0 Å². The van der Waals surface area contributed by atoms with Crippen LogP contribution in [0.4, 0.5) is 0 Å². The number of nitrogens with two attached hydrogens (primary N) is 1. The van der Waals surface area contributed by atoms with Crippen molar-refractivity contribution in [1.29, 1.82) is 0 Å². The monoisotopic (exact) mass is 245 g/mol. The van der Waals surface area contributed by atoms with E-state index >= 15 is 0 Å². The van der Waals surface area contributed by atoms with Crippen LogP contribution in [0.2, 0.25) is 0 Å². The van der Waals surface area contributed by atoms with Crippen LogP contribution in [0.15, 0.2) is 0 Å². The maximum absolute atomic E-state index is 6.23. The second kappa shape index (κ2) is 7.31. The maximum Gasteiger partial charge on any atom is 0.0785 e. The summed E-state index contributed by atoms with van der Waals surface area (Å²) < 4.78 is 5.44. The molecule has 0 spiro atoms. The van der Waals surface area contributed by atoms with Gasteiger partial charge in [0.05, 0.1) is 5.60 Å². The van der Waals surface area contributed by atoms with Gasteiger partial charge in [-0.05, 0) is 41.4 Å². The molecule has 4 heteroatoms. The Morgan fingerprint density at radius 3 is 2.12 bits per heavy atom. The van der Waals surface area contributed by atoms with Crippen LogP contribution in [0.25, 0.3) is 0 Å². The van der Waals surface area contributed by atoms with Crippen molar-refractivity contribution in [2.45, 2.75) is 45.4 Å². The minimum absolute atomic E-state index is 0.0251. The molecular weight excluding hydrogens is 214 g/mol. The Kier molecular flexibility index (Phi) is 7.24. The van der Waals surface area contributed by atoms with E-state index in [9.17, 15) is 0 Å². The smallest absolute Gasteiger partial charge is 0.0785 e. The highest BCUT2D eigenvalue weighted by molar-refractivity contribution is 4.86. The van der Waals surface area contributed by atoms with E-state index in [1.54, 1.807) is 7.11 Å². The Morgan fingerprint density at radius 2 is 1.76 bits per heavy atom. The summed E-state index contributed by atoms with van der Waals surface area (Å²) in [4.78, 5) is 4.62. The van der Waals surface area contributed by atoms with E-state index in [0.717, 1.165) is 19.6 Å². The summed E-state index contributed by atoms with van der Waals surface area (Å²) >= 11 is 0. The lowest BCUT2D eigenvalue weighted by Gasteiger charge is -2.37. The van der Waals surface area contributed by atoms with Crippen LogP contribution in [0.3, 0.4) is 0 Å². The summed E-state index contributed by atoms with van der Waals surface area (Å²) in [5, 5.41) is 0. The van der Waals surface area contributed by atoms with Crippen molar-refractivity contribution in [1.82, 2.24) is 9.80 Å². The van der Waals surface area contributed by atoms with Crippen LogP contribution in [0.1, 0.15) is 27.7 Å². The van der Waals surface area contributed by atoms with Gasteiger partial charge in [0.1, 0.15) is 0 Å². The summed E-state index contributed by atoms with van der Waals surface area (Å²) in [5.74, 6) is 0. The van der Waals surface area contributed by atoms with E-state index < -0.39 is 0 Å². The molecular formula is C13H31N3O. The molecule has 2 N–H and O–H groups in total. The molecule has 0 aromatic carbocycles. The fourth-order valence-corrected chi connectivity index (χ4v) is 1.89. The first-order valence-corrected chi connectivity index (χ1v) is 6.44. The topological polar surface area (TPSA) is 41.7 Å². The standard InChI is InChI=1S/C13H31N3O/c1-8-16(11(2)9-15(5)6)10-12(14)13(3,4)17-7/h11-12H,8-10,14H2,1-7H3. The Balaban J connectivity index is 4.39. The minimum Gasteiger partial charge on any atom is -0.377 e. The Bertz CT molecular complexity index is 207. The molecule has 0 radical (unpaired) electrons. The average molecular weight is 245 g/mol. The van der Waals surface area contributed by atoms with Gasteiger partial charge in [0.2, 0.25) is 0 Å². The zero-order valence-corrected chi connectivity index (χ0v) is 12.7. The predicted molar refractivity (Wildman–Crippen MR) is 74.3 cm³/mol. The van der Waals surface area contributed by atoms with Crippen LogP contribution in [0, 0.1) is 0 Å². The van der Waals surface area contributed by atoms with Crippen LogP contribution < -0.4 is 5.73 Å². The van der Waals surface area contributed by atoms with E-state index in [-0.39, 0.29) is 11.6 Å². The third-order valence-corrected chi connectivity index (χ3v) is 3.51. The summed E-state index contributed by atoms with van der Waals surface area (Å²) in [7, 11) is 5.92. The molecule has 0 fully saturated rings. The zero-order chi connectivity index (χ0) is 13.6. The molecule has 0 rings (SSSR count). The van der Waals surface area contributed by atoms with Crippen LogP contribution in [0.5, 0.6) is 0 Å². The lowest BCUT2D eigenvalue weighted by atomic mass is 9.98. The predicted octanol–water partition coefficient (Wildman–Crippen LogP) is 1.01. The largest absolute Gasteiger partial charge is 0.377 e. The molecule has 2 atom stereocenters. The second-order valence-corrected chi connectivity index (χ2v) is 5.61. The number of methoxy groups -OCH3 is 1. The van der Waals surface area contributed by atoms with Crippen molar-refractivity contribution in [2.24, 2.45) is 5.73 Å². The highest BCUT2D eigenvalue weighted by atomic mass is 16.5. The fourth-order valence-electron chi connectivity index (χ4n) is 1.89. The molecule has 0 amide bonds. The van der Waals surface area contributed by atoms with Gasteiger partial charge >= 0.3 is 0 Å². The third kappa shape index (κ3) is 5.82. The first-order chi connectivity index (χ1) is 7.74. The zero-order valence-electron chi connectivity index (χ0n) is 12.7. The summed E-state index contributed by atoms with van der Waals surface area (Å²) in [6.07, 6.45) is 0. The number of nitrogens with zero attached hydrogens (tertiary/aromatic N) is 2. The van der Waals surface area contributed by atoms with Gasteiger partial charge in [-0.1, -0.05) is 6.92 Å². The molecule has 0 aromatic rings. The molecule has 0 aliphatic rings. The van der Waals surface area contributed by atoms with Gasteiger partial charge in [0, 0.05) is 32.3 Å². The molecule has 104 valence electrons. The van der Waals surface area contributed by atoms with Crippen molar-refractivity contribution in [3.63, 3.8) is 0 Å². The van der Waals surface area contributed by atoms with Gasteiger partial charge in [-0.3, -0.25) is 4.90 Å². The maximum atomic E-state index is 6.23. The van der Waals surface area contributed by atoms with E-state index in [4.69, 9.17) is 10.5 Å². The molecule has 2 unspecified atom stereocenters. The Hall–Kier alpha value is -0.160. The van der Waals surface area contributed by atoms with Crippen molar-refractivity contribution >= 4 is 0 Å². The molecule has 0 saturated heterocycles. The van der Waals surface area contributed by atoms with Crippen molar-refractivity contribution in [3.05, 3.63) is 0 Å². The third-order valence-electron chi connectivity index (χ3n) is 3.51. The number of rotatable bonds is 8. The molecule has 17 heavy (non-hydrogen) atoms. The summed E-state index contributed by atoms with van der Waals surface area (Å²) in [5.41, 5.74) is 5.95. The summed E-state index contributed by atoms with van der Waals surface area (Å²) in [6.45, 7) is 11.4. The lowest BCUT2D eigenvalue weighted by molar-refractivity contribution is -0.0119. The van der Waals surface area contributed by atoms with Gasteiger partial charge in [-0.2, -0.15) is 0 Å². The molecule has 0 heterocycles. The number of hydrogen-bond acceptors (Lipinski definition) is 4. The second-order valence-electron chi connectivity index (χ2n) is 5.61.